The largest absolute Gasteiger partial charge is 0.481 e. The highest BCUT2D eigenvalue weighted by atomic mass is 16.5. The minimum Gasteiger partial charge on any atom is -0.481 e. The normalized spacial score (nSPS) is 14.2. The van der Waals surface area contributed by atoms with Crippen LogP contribution in [0.5, 0.6) is 0 Å². The van der Waals surface area contributed by atoms with Gasteiger partial charge in [-0.25, -0.2) is 4.79 Å². The molecule has 2 aromatic carbocycles. The monoisotopic (exact) mass is 452 g/mol. The van der Waals surface area contributed by atoms with Gasteiger partial charge in [0, 0.05) is 18.5 Å². The molecule has 1 unspecified atom stereocenters. The molecule has 0 aliphatic heterocycles. The number of amides is 2. The van der Waals surface area contributed by atoms with Gasteiger partial charge in [0.25, 0.3) is 0 Å². The van der Waals surface area contributed by atoms with E-state index in [0.29, 0.717) is 6.54 Å². The maximum Gasteiger partial charge on any atom is 0.407 e. The average molecular weight is 453 g/mol. The van der Waals surface area contributed by atoms with Crippen molar-refractivity contribution in [1.82, 2.24) is 10.2 Å². The van der Waals surface area contributed by atoms with Gasteiger partial charge < -0.3 is 20.1 Å². The van der Waals surface area contributed by atoms with Crippen molar-refractivity contribution in [2.45, 2.75) is 52.1 Å². The zero-order valence-electron chi connectivity index (χ0n) is 19.6. The molecule has 0 fully saturated rings. The number of fused-ring (bicyclic) bond motifs is 3. The molecule has 0 radical (unpaired) electrons. The number of carboxylic acid groups (broad SMARTS) is 1. The van der Waals surface area contributed by atoms with Crippen molar-refractivity contribution < 1.29 is 24.2 Å². The van der Waals surface area contributed by atoms with Crippen molar-refractivity contribution in [3.63, 3.8) is 0 Å². The number of nitrogens with one attached hydrogen (secondary N) is 1. The molecular formula is C26H32N2O5. The van der Waals surface area contributed by atoms with E-state index in [0.717, 1.165) is 22.3 Å². The van der Waals surface area contributed by atoms with E-state index in [-0.39, 0.29) is 30.8 Å². The molecule has 3 rings (SSSR count). The number of ether oxygens (including phenoxy) is 1. The van der Waals surface area contributed by atoms with Crippen molar-refractivity contribution in [1.29, 1.82) is 0 Å². The topological polar surface area (TPSA) is 95.9 Å². The molecule has 33 heavy (non-hydrogen) atoms. The maximum absolute atomic E-state index is 13.1. The first-order valence-electron chi connectivity index (χ1n) is 11.4. The lowest BCUT2D eigenvalue weighted by atomic mass is 9.98. The van der Waals surface area contributed by atoms with Gasteiger partial charge in [-0.3, -0.25) is 9.59 Å². The SMILES string of the molecule is CCN(C(=O)[C@@H](NC(=O)OCC1c2ccccc2-c2ccccc21)C(C)C)C(C)CC(=O)O. The van der Waals surface area contributed by atoms with Crippen LogP contribution >= 0.6 is 0 Å². The number of rotatable bonds is 9. The average Bonchev–Trinajstić information content (AvgIpc) is 3.09. The first kappa shape index (κ1) is 24.3. The summed E-state index contributed by atoms with van der Waals surface area (Å²) in [5.74, 6) is -1.54. The number of aliphatic carboxylic acids is 1. The van der Waals surface area contributed by atoms with Crippen LogP contribution in [0.4, 0.5) is 4.79 Å². The van der Waals surface area contributed by atoms with E-state index in [1.165, 1.54) is 4.90 Å². The molecule has 2 amide bonds. The lowest BCUT2D eigenvalue weighted by molar-refractivity contribution is -0.141. The smallest absolute Gasteiger partial charge is 0.407 e. The third-order valence-corrected chi connectivity index (χ3v) is 6.18. The minimum atomic E-state index is -0.973. The Kier molecular flexibility index (Phi) is 7.74. The molecule has 2 aromatic rings. The van der Waals surface area contributed by atoms with Gasteiger partial charge in [0.1, 0.15) is 12.6 Å². The Hall–Kier alpha value is -3.35. The van der Waals surface area contributed by atoms with Crippen molar-refractivity contribution in [3.8, 4) is 11.1 Å². The molecule has 2 atom stereocenters. The van der Waals surface area contributed by atoms with Gasteiger partial charge in [0.05, 0.1) is 6.42 Å². The van der Waals surface area contributed by atoms with Gasteiger partial charge in [0.2, 0.25) is 5.91 Å². The van der Waals surface area contributed by atoms with Gasteiger partial charge in [-0.15, -0.1) is 0 Å². The first-order chi connectivity index (χ1) is 15.7. The summed E-state index contributed by atoms with van der Waals surface area (Å²) in [5, 5.41) is 11.8. The first-order valence-corrected chi connectivity index (χ1v) is 11.4. The predicted octanol–water partition coefficient (Wildman–Crippen LogP) is 4.26. The number of alkyl carbamates (subject to hydrolysis) is 1. The zero-order valence-corrected chi connectivity index (χ0v) is 19.6. The molecule has 1 aliphatic rings. The van der Waals surface area contributed by atoms with Crippen LogP contribution in [0.1, 0.15) is 51.2 Å². The van der Waals surface area contributed by atoms with Crippen LogP contribution < -0.4 is 5.32 Å². The van der Waals surface area contributed by atoms with Crippen LogP contribution in [0.15, 0.2) is 48.5 Å². The Balaban J connectivity index is 1.69. The highest BCUT2D eigenvalue weighted by Crippen LogP contribution is 2.44. The lowest BCUT2D eigenvalue weighted by Gasteiger charge is -2.32. The number of hydrogen-bond donors (Lipinski definition) is 2. The Morgan fingerprint density at radius 2 is 1.55 bits per heavy atom. The van der Waals surface area contributed by atoms with Crippen LogP contribution in [0.3, 0.4) is 0 Å². The van der Waals surface area contributed by atoms with Crippen molar-refractivity contribution >= 4 is 18.0 Å². The van der Waals surface area contributed by atoms with Crippen LogP contribution in [-0.2, 0) is 14.3 Å². The quantitative estimate of drug-likeness (QED) is 0.593. The summed E-state index contributed by atoms with van der Waals surface area (Å²) in [5.41, 5.74) is 4.51. The fourth-order valence-corrected chi connectivity index (χ4v) is 4.51. The number of carbonyl (C=O) groups is 3. The minimum absolute atomic E-state index is 0.0703. The fraction of sp³-hybridized carbons (Fsp3) is 0.423. The molecule has 7 nitrogen and oxygen atoms in total. The van der Waals surface area contributed by atoms with Gasteiger partial charge in [0.15, 0.2) is 0 Å². The zero-order chi connectivity index (χ0) is 24.1. The third-order valence-electron chi connectivity index (χ3n) is 6.18. The predicted molar refractivity (Wildman–Crippen MR) is 126 cm³/mol. The summed E-state index contributed by atoms with van der Waals surface area (Å²) in [6.07, 6.45) is -0.819. The molecular weight excluding hydrogens is 420 g/mol. The van der Waals surface area contributed by atoms with E-state index < -0.39 is 24.1 Å². The Labute approximate surface area is 194 Å². The van der Waals surface area contributed by atoms with Crippen LogP contribution in [0.25, 0.3) is 11.1 Å². The molecule has 176 valence electrons. The van der Waals surface area contributed by atoms with E-state index in [4.69, 9.17) is 9.84 Å². The number of nitrogens with zero attached hydrogens (tertiary/aromatic N) is 1. The van der Waals surface area contributed by atoms with E-state index in [1.54, 1.807) is 13.8 Å². The molecule has 0 saturated carbocycles. The highest BCUT2D eigenvalue weighted by Gasteiger charge is 2.33. The summed E-state index contributed by atoms with van der Waals surface area (Å²) >= 11 is 0. The molecule has 0 spiro atoms. The van der Waals surface area contributed by atoms with Gasteiger partial charge in [-0.2, -0.15) is 0 Å². The molecule has 1 aliphatic carbocycles. The van der Waals surface area contributed by atoms with Crippen LogP contribution in [0, 0.1) is 5.92 Å². The Bertz CT molecular complexity index is 974. The summed E-state index contributed by atoms with van der Waals surface area (Å²) in [7, 11) is 0. The van der Waals surface area contributed by atoms with Crippen LogP contribution in [-0.4, -0.2) is 53.2 Å². The molecule has 7 heteroatoms. The number of carboxylic acids is 1. The summed E-state index contributed by atoms with van der Waals surface area (Å²) < 4.78 is 5.59. The van der Waals surface area contributed by atoms with E-state index in [2.05, 4.69) is 17.4 Å². The summed E-state index contributed by atoms with van der Waals surface area (Å²) in [6, 6.07) is 14.9. The molecule has 0 saturated heterocycles. The third kappa shape index (κ3) is 5.35. The van der Waals surface area contributed by atoms with Gasteiger partial charge >= 0.3 is 12.1 Å². The van der Waals surface area contributed by atoms with E-state index in [9.17, 15) is 14.4 Å². The summed E-state index contributed by atoms with van der Waals surface area (Å²) in [4.78, 5) is 38.4. The number of likely N-dealkylation sites (N-methyl/N-ethyl adjacent to an activating group) is 1. The molecule has 0 bridgehead atoms. The van der Waals surface area contributed by atoms with Crippen molar-refractivity contribution in [3.05, 3.63) is 59.7 Å². The molecule has 0 aromatic heterocycles. The Morgan fingerprint density at radius 1 is 1.00 bits per heavy atom. The van der Waals surface area contributed by atoms with E-state index >= 15 is 0 Å². The lowest BCUT2D eigenvalue weighted by Crippen LogP contribution is -2.53. The second-order valence-electron chi connectivity index (χ2n) is 8.76. The highest BCUT2D eigenvalue weighted by molar-refractivity contribution is 5.86. The second-order valence-corrected chi connectivity index (χ2v) is 8.76. The van der Waals surface area contributed by atoms with Gasteiger partial charge in [-0.05, 0) is 42.0 Å². The number of carbonyl (C=O) groups excluding carboxylic acids is 2. The molecule has 2 N–H and O–H groups in total. The standard InChI is InChI=1S/C26H32N2O5/c1-5-28(17(4)14-23(29)30)25(31)24(16(2)3)27-26(32)33-15-22-20-12-8-6-10-18(20)19-11-7-9-13-21(19)22/h6-13,16-17,22,24H,5,14-15H2,1-4H3,(H,27,32)(H,29,30)/t17?,24-/m0/s1. The maximum atomic E-state index is 13.1. The number of hydrogen-bond acceptors (Lipinski definition) is 4. The van der Waals surface area contributed by atoms with Crippen molar-refractivity contribution in [2.75, 3.05) is 13.2 Å². The molecule has 0 heterocycles. The summed E-state index contributed by atoms with van der Waals surface area (Å²) in [6.45, 7) is 7.67. The van der Waals surface area contributed by atoms with Crippen molar-refractivity contribution in [2.24, 2.45) is 5.92 Å². The van der Waals surface area contributed by atoms with Gasteiger partial charge in [-0.1, -0.05) is 62.4 Å². The van der Waals surface area contributed by atoms with Crippen LogP contribution in [0.2, 0.25) is 0 Å². The Morgan fingerprint density at radius 3 is 2.03 bits per heavy atom. The van der Waals surface area contributed by atoms with E-state index in [1.807, 2.05) is 50.2 Å². The second kappa shape index (κ2) is 10.5. The number of benzene rings is 2. The fourth-order valence-electron chi connectivity index (χ4n) is 4.51.